The molecule has 0 spiro atoms. The van der Waals surface area contributed by atoms with Crippen LogP contribution in [-0.4, -0.2) is 32.1 Å². The summed E-state index contributed by atoms with van der Waals surface area (Å²) in [6.45, 7) is 3.66. The molecule has 0 bridgehead atoms. The Hall–Kier alpha value is -3.12. The van der Waals surface area contributed by atoms with Gasteiger partial charge in [-0.1, -0.05) is 0 Å². The first-order valence-electron chi connectivity index (χ1n) is 9.71. The maximum atomic E-state index is 10.9. The summed E-state index contributed by atoms with van der Waals surface area (Å²) < 4.78 is 7.33. The molecule has 0 heterocycles. The van der Waals surface area contributed by atoms with Crippen LogP contribution in [-0.2, 0) is 9.53 Å². The average molecular weight is 460 g/mol. The fourth-order valence-corrected chi connectivity index (χ4v) is 4.85. The van der Waals surface area contributed by atoms with Crippen LogP contribution in [0.15, 0.2) is 89.9 Å². The Bertz CT molecular complexity index is 1070. The standard InChI is InChI=1S/C26H23NO2Se/c1-20(22-12-5-3-6-13-22)26(30-24-16-7-4-8-17-24)27-25-18-10-9-14-23(25)15-11-19-29-21(2)28/h3-10,12-14,16-18,20H,19H2,1-2H3. The van der Waals surface area contributed by atoms with Crippen LogP contribution in [0.4, 0.5) is 5.69 Å². The molecule has 30 heavy (non-hydrogen) atoms. The second-order valence-corrected chi connectivity index (χ2v) is 8.89. The number of hydrogen-bond acceptors (Lipinski definition) is 3. The molecular formula is C26H23NO2Se. The molecule has 0 aliphatic heterocycles. The molecule has 3 nitrogen and oxygen atoms in total. The zero-order valence-corrected chi connectivity index (χ0v) is 18.8. The zero-order chi connectivity index (χ0) is 21.2. The summed E-state index contributed by atoms with van der Waals surface area (Å²) in [4.78, 5) is 16.0. The van der Waals surface area contributed by atoms with Crippen molar-refractivity contribution in [2.24, 2.45) is 4.99 Å². The van der Waals surface area contributed by atoms with Crippen molar-refractivity contribution in [2.75, 3.05) is 6.61 Å². The van der Waals surface area contributed by atoms with Gasteiger partial charge in [0.05, 0.1) is 0 Å². The van der Waals surface area contributed by atoms with E-state index in [4.69, 9.17) is 9.73 Å². The van der Waals surface area contributed by atoms with E-state index in [0.717, 1.165) is 15.9 Å². The van der Waals surface area contributed by atoms with Crippen molar-refractivity contribution < 1.29 is 9.53 Å². The second-order valence-electron chi connectivity index (χ2n) is 6.60. The number of carbonyl (C=O) groups excluding carboxylic acids is 1. The molecule has 3 aromatic rings. The third-order valence-electron chi connectivity index (χ3n) is 4.34. The number of rotatable bonds is 6. The predicted molar refractivity (Wildman–Crippen MR) is 124 cm³/mol. The van der Waals surface area contributed by atoms with Crippen LogP contribution >= 0.6 is 0 Å². The van der Waals surface area contributed by atoms with E-state index in [1.54, 1.807) is 0 Å². The minimum atomic E-state index is -0.333. The number of nitrogens with zero attached hydrogens (tertiary/aromatic N) is 1. The SMILES string of the molecule is CC(=O)OCC#Cc1ccccc1N=C([Se]c1ccccc1)C(C)c1ccccc1. The fraction of sp³-hybridized carbons (Fsp3) is 0.154. The number of hydrogen-bond donors (Lipinski definition) is 0. The molecule has 3 aromatic carbocycles. The first-order valence-corrected chi connectivity index (χ1v) is 11.4. The van der Waals surface area contributed by atoms with Gasteiger partial charge < -0.3 is 0 Å². The second kappa shape index (κ2) is 11.2. The van der Waals surface area contributed by atoms with Crippen LogP contribution in [0, 0.1) is 11.8 Å². The normalized spacial score (nSPS) is 11.9. The molecule has 150 valence electrons. The van der Waals surface area contributed by atoms with Gasteiger partial charge in [-0.05, 0) is 0 Å². The molecule has 1 atom stereocenters. The van der Waals surface area contributed by atoms with Gasteiger partial charge in [-0.25, -0.2) is 0 Å². The van der Waals surface area contributed by atoms with Gasteiger partial charge in [0.1, 0.15) is 0 Å². The van der Waals surface area contributed by atoms with Crippen molar-refractivity contribution in [3.8, 4) is 11.8 Å². The van der Waals surface area contributed by atoms with Gasteiger partial charge in [-0.15, -0.1) is 0 Å². The Morgan fingerprint density at radius 1 is 0.967 bits per heavy atom. The summed E-state index contributed by atoms with van der Waals surface area (Å²) in [5.74, 6) is 5.84. The van der Waals surface area contributed by atoms with Crippen LogP contribution in [0.1, 0.15) is 30.9 Å². The van der Waals surface area contributed by atoms with Crippen molar-refractivity contribution >= 4 is 35.7 Å². The Morgan fingerprint density at radius 3 is 2.30 bits per heavy atom. The summed E-state index contributed by atoms with van der Waals surface area (Å²) in [5, 5.41) is 0. The molecule has 0 aromatic heterocycles. The fourth-order valence-electron chi connectivity index (χ4n) is 2.77. The Labute approximate surface area is 184 Å². The van der Waals surface area contributed by atoms with Gasteiger partial charge >= 0.3 is 184 Å². The Balaban J connectivity index is 1.96. The molecule has 4 heteroatoms. The molecule has 0 saturated carbocycles. The monoisotopic (exact) mass is 461 g/mol. The van der Waals surface area contributed by atoms with E-state index in [2.05, 4.69) is 67.3 Å². The Kier molecular flexibility index (Phi) is 8.03. The topological polar surface area (TPSA) is 38.7 Å². The van der Waals surface area contributed by atoms with Crippen LogP contribution < -0.4 is 4.46 Å². The molecule has 0 N–H and O–H groups in total. The van der Waals surface area contributed by atoms with E-state index in [-0.39, 0.29) is 33.5 Å². The molecular weight excluding hydrogens is 437 g/mol. The van der Waals surface area contributed by atoms with Gasteiger partial charge in [0.25, 0.3) is 0 Å². The quantitative estimate of drug-likeness (QED) is 0.236. The van der Waals surface area contributed by atoms with E-state index in [9.17, 15) is 4.79 Å². The van der Waals surface area contributed by atoms with E-state index >= 15 is 0 Å². The van der Waals surface area contributed by atoms with Gasteiger partial charge in [-0.2, -0.15) is 0 Å². The molecule has 3 rings (SSSR count). The molecule has 0 fully saturated rings. The maximum absolute atomic E-state index is 10.9. The number of esters is 1. The number of para-hydroxylation sites is 1. The Morgan fingerprint density at radius 2 is 1.60 bits per heavy atom. The van der Waals surface area contributed by atoms with Crippen molar-refractivity contribution in [2.45, 2.75) is 19.8 Å². The number of carbonyl (C=O) groups is 1. The third-order valence-corrected chi connectivity index (χ3v) is 6.78. The van der Waals surface area contributed by atoms with Crippen LogP contribution in [0.2, 0.25) is 0 Å². The predicted octanol–water partition coefficient (Wildman–Crippen LogP) is 4.46. The molecule has 0 aliphatic rings. The first-order chi connectivity index (χ1) is 14.6. The van der Waals surface area contributed by atoms with Crippen molar-refractivity contribution in [3.05, 3.63) is 96.1 Å². The summed E-state index contributed by atoms with van der Waals surface area (Å²) in [6, 6.07) is 28.7. The first kappa shape index (κ1) is 21.6. The summed E-state index contributed by atoms with van der Waals surface area (Å²) in [5.41, 5.74) is 2.90. The summed E-state index contributed by atoms with van der Waals surface area (Å²) in [7, 11) is 0. The van der Waals surface area contributed by atoms with Gasteiger partial charge in [0, 0.05) is 0 Å². The van der Waals surface area contributed by atoms with Gasteiger partial charge in [0.15, 0.2) is 0 Å². The minimum absolute atomic E-state index is 0.0780. The van der Waals surface area contributed by atoms with E-state index < -0.39 is 0 Å². The zero-order valence-electron chi connectivity index (χ0n) is 17.0. The third kappa shape index (κ3) is 6.46. The van der Waals surface area contributed by atoms with Crippen LogP contribution in [0.5, 0.6) is 0 Å². The molecule has 0 amide bonds. The van der Waals surface area contributed by atoms with Gasteiger partial charge in [0.2, 0.25) is 0 Å². The molecule has 0 saturated heterocycles. The number of benzene rings is 3. The average Bonchev–Trinajstić information content (AvgIpc) is 2.78. The number of aliphatic imine (C=N–C) groups is 1. The summed E-state index contributed by atoms with van der Waals surface area (Å²) >= 11 is 0.0782. The van der Waals surface area contributed by atoms with E-state index in [0.29, 0.717) is 0 Å². The summed E-state index contributed by atoms with van der Waals surface area (Å²) in [6.07, 6.45) is 0. The van der Waals surface area contributed by atoms with E-state index in [1.807, 2.05) is 36.4 Å². The van der Waals surface area contributed by atoms with Crippen LogP contribution in [0.3, 0.4) is 0 Å². The van der Waals surface area contributed by atoms with Crippen molar-refractivity contribution in [1.29, 1.82) is 0 Å². The molecule has 1 unspecified atom stereocenters. The number of ether oxygens (including phenoxy) is 1. The molecule has 0 radical (unpaired) electrons. The van der Waals surface area contributed by atoms with Crippen LogP contribution in [0.25, 0.3) is 0 Å². The van der Waals surface area contributed by atoms with Gasteiger partial charge in [-0.3, -0.25) is 0 Å². The van der Waals surface area contributed by atoms with Crippen molar-refractivity contribution in [1.82, 2.24) is 0 Å². The van der Waals surface area contributed by atoms with Crippen molar-refractivity contribution in [3.63, 3.8) is 0 Å². The van der Waals surface area contributed by atoms with E-state index in [1.165, 1.54) is 16.9 Å². The molecule has 0 aliphatic carbocycles.